The van der Waals surface area contributed by atoms with Crippen molar-refractivity contribution in [2.24, 2.45) is 0 Å². The minimum atomic E-state index is 0.0370. The predicted octanol–water partition coefficient (Wildman–Crippen LogP) is 2.74. The van der Waals surface area contributed by atoms with Crippen LogP contribution in [0.3, 0.4) is 0 Å². The number of piperidine rings is 1. The topological polar surface area (TPSA) is 49.0 Å². The van der Waals surface area contributed by atoms with Gasteiger partial charge in [-0.05, 0) is 31.4 Å². The molecule has 104 valence electrons. The summed E-state index contributed by atoms with van der Waals surface area (Å²) in [5.41, 5.74) is 2.77. The van der Waals surface area contributed by atoms with E-state index in [-0.39, 0.29) is 5.91 Å². The molecule has 1 N–H and O–H groups in total. The lowest BCUT2D eigenvalue weighted by Crippen LogP contribution is -2.39. The number of nitrogens with one attached hydrogen (secondary N) is 1. The number of benzene rings is 1. The van der Waals surface area contributed by atoms with Crippen molar-refractivity contribution in [1.29, 1.82) is 0 Å². The Hall–Kier alpha value is -2.10. The molecule has 1 atom stereocenters. The van der Waals surface area contributed by atoms with Crippen molar-refractivity contribution in [3.63, 3.8) is 0 Å². The molecule has 3 rings (SSSR count). The Labute approximate surface area is 118 Å². The van der Waals surface area contributed by atoms with Gasteiger partial charge in [0.25, 0.3) is 5.91 Å². The molecule has 0 radical (unpaired) electrons. The zero-order chi connectivity index (χ0) is 13.9. The van der Waals surface area contributed by atoms with Gasteiger partial charge in [0.2, 0.25) is 0 Å². The Kier molecular flexibility index (Phi) is 3.54. The summed E-state index contributed by atoms with van der Waals surface area (Å²) < 4.78 is 0. The second-order valence-corrected chi connectivity index (χ2v) is 5.44. The van der Waals surface area contributed by atoms with Gasteiger partial charge in [-0.15, -0.1) is 0 Å². The van der Waals surface area contributed by atoms with Crippen molar-refractivity contribution in [1.82, 2.24) is 15.1 Å². The fourth-order valence-corrected chi connectivity index (χ4v) is 2.85. The molecule has 0 spiro atoms. The van der Waals surface area contributed by atoms with Crippen LogP contribution in [-0.2, 0) is 0 Å². The van der Waals surface area contributed by atoms with Crippen LogP contribution in [-0.4, -0.2) is 34.1 Å². The van der Waals surface area contributed by atoms with Crippen molar-refractivity contribution in [2.45, 2.75) is 25.7 Å². The van der Waals surface area contributed by atoms with Gasteiger partial charge in [0.05, 0.1) is 0 Å². The molecule has 1 saturated heterocycles. The minimum absolute atomic E-state index is 0.0370. The monoisotopic (exact) mass is 269 g/mol. The molecule has 0 aliphatic carbocycles. The average molecular weight is 269 g/mol. The van der Waals surface area contributed by atoms with E-state index in [1.807, 2.05) is 24.0 Å². The normalized spacial score (nSPS) is 19.1. The van der Waals surface area contributed by atoms with E-state index in [4.69, 9.17) is 0 Å². The lowest BCUT2D eigenvalue weighted by Gasteiger charge is -2.32. The Morgan fingerprint density at radius 1 is 1.35 bits per heavy atom. The molecule has 4 heteroatoms. The van der Waals surface area contributed by atoms with Gasteiger partial charge in [0.15, 0.2) is 0 Å². The number of aryl methyl sites for hydroxylation is 1. The number of rotatable bonds is 2. The highest BCUT2D eigenvalue weighted by Crippen LogP contribution is 2.27. The third-order valence-corrected chi connectivity index (χ3v) is 3.90. The van der Waals surface area contributed by atoms with Gasteiger partial charge in [-0.3, -0.25) is 9.89 Å². The number of aromatic nitrogens is 2. The maximum atomic E-state index is 12.4. The van der Waals surface area contributed by atoms with Gasteiger partial charge in [-0.2, -0.15) is 5.10 Å². The van der Waals surface area contributed by atoms with E-state index >= 15 is 0 Å². The zero-order valence-electron chi connectivity index (χ0n) is 11.7. The van der Waals surface area contributed by atoms with E-state index in [2.05, 4.69) is 34.5 Å². The Balaban J connectivity index is 1.74. The summed E-state index contributed by atoms with van der Waals surface area (Å²) in [5, 5.41) is 6.91. The highest BCUT2D eigenvalue weighted by atomic mass is 16.2. The van der Waals surface area contributed by atoms with Gasteiger partial charge in [-0.25, -0.2) is 0 Å². The number of aromatic amines is 1. The van der Waals surface area contributed by atoms with E-state index in [1.54, 1.807) is 0 Å². The summed E-state index contributed by atoms with van der Waals surface area (Å²) in [6.07, 6.45) is 2.20. The Morgan fingerprint density at radius 2 is 2.15 bits per heavy atom. The van der Waals surface area contributed by atoms with Crippen LogP contribution in [0.15, 0.2) is 36.4 Å². The van der Waals surface area contributed by atoms with Crippen LogP contribution in [0.1, 0.15) is 40.5 Å². The quantitative estimate of drug-likeness (QED) is 0.911. The molecule has 1 aromatic carbocycles. The van der Waals surface area contributed by atoms with Crippen LogP contribution in [0, 0.1) is 6.92 Å². The number of carbonyl (C=O) groups is 1. The van der Waals surface area contributed by atoms with E-state index in [0.29, 0.717) is 11.6 Å². The average Bonchev–Trinajstić information content (AvgIpc) is 2.94. The second kappa shape index (κ2) is 5.49. The standard InChI is InChI=1S/C16H19N3O/c1-12-10-15(18-17-12)16(20)19-9-5-8-14(11-19)13-6-3-2-4-7-13/h2-4,6-7,10,14H,5,8-9,11H2,1H3,(H,17,18). The summed E-state index contributed by atoms with van der Waals surface area (Å²) in [5.74, 6) is 0.476. The fraction of sp³-hybridized carbons (Fsp3) is 0.375. The van der Waals surface area contributed by atoms with E-state index in [9.17, 15) is 4.79 Å². The molecule has 0 saturated carbocycles. The van der Waals surface area contributed by atoms with Crippen LogP contribution >= 0.6 is 0 Å². The lowest BCUT2D eigenvalue weighted by molar-refractivity contribution is 0.0701. The van der Waals surface area contributed by atoms with Gasteiger partial charge in [0, 0.05) is 24.7 Å². The van der Waals surface area contributed by atoms with Crippen LogP contribution in [0.25, 0.3) is 0 Å². The van der Waals surface area contributed by atoms with Crippen molar-refractivity contribution in [3.05, 3.63) is 53.3 Å². The molecule has 1 unspecified atom stereocenters. The smallest absolute Gasteiger partial charge is 0.274 e. The summed E-state index contributed by atoms with van der Waals surface area (Å²) in [6.45, 7) is 3.52. The third kappa shape index (κ3) is 2.59. The molecule has 1 aromatic heterocycles. The molecular weight excluding hydrogens is 250 g/mol. The number of likely N-dealkylation sites (tertiary alicyclic amines) is 1. The highest BCUT2D eigenvalue weighted by molar-refractivity contribution is 5.92. The molecule has 1 aliphatic heterocycles. The molecule has 1 fully saturated rings. The first kappa shape index (κ1) is 12.9. The van der Waals surface area contributed by atoms with Gasteiger partial charge in [-0.1, -0.05) is 30.3 Å². The van der Waals surface area contributed by atoms with Crippen molar-refractivity contribution in [3.8, 4) is 0 Å². The van der Waals surface area contributed by atoms with E-state index < -0.39 is 0 Å². The second-order valence-electron chi connectivity index (χ2n) is 5.44. The minimum Gasteiger partial charge on any atom is -0.337 e. The van der Waals surface area contributed by atoms with E-state index in [0.717, 1.165) is 31.6 Å². The number of nitrogens with zero attached hydrogens (tertiary/aromatic N) is 2. The molecule has 0 bridgehead atoms. The number of hydrogen-bond donors (Lipinski definition) is 1. The van der Waals surface area contributed by atoms with Crippen molar-refractivity contribution < 1.29 is 4.79 Å². The zero-order valence-corrected chi connectivity index (χ0v) is 11.7. The molecular formula is C16H19N3O. The number of amides is 1. The third-order valence-electron chi connectivity index (χ3n) is 3.90. The van der Waals surface area contributed by atoms with Crippen LogP contribution in [0.5, 0.6) is 0 Å². The molecule has 4 nitrogen and oxygen atoms in total. The Morgan fingerprint density at radius 3 is 2.85 bits per heavy atom. The van der Waals surface area contributed by atoms with Gasteiger partial charge in [0.1, 0.15) is 5.69 Å². The fourth-order valence-electron chi connectivity index (χ4n) is 2.85. The SMILES string of the molecule is Cc1cc(C(=O)N2CCCC(c3ccccc3)C2)n[nH]1. The largest absolute Gasteiger partial charge is 0.337 e. The maximum Gasteiger partial charge on any atom is 0.274 e. The first-order valence-corrected chi connectivity index (χ1v) is 7.10. The molecule has 1 amide bonds. The first-order valence-electron chi connectivity index (χ1n) is 7.10. The van der Waals surface area contributed by atoms with Crippen LogP contribution in [0.2, 0.25) is 0 Å². The first-order chi connectivity index (χ1) is 9.74. The van der Waals surface area contributed by atoms with Crippen molar-refractivity contribution >= 4 is 5.91 Å². The number of hydrogen-bond acceptors (Lipinski definition) is 2. The summed E-state index contributed by atoms with van der Waals surface area (Å²) >= 11 is 0. The number of H-pyrrole nitrogens is 1. The Bertz CT molecular complexity index is 591. The molecule has 1 aliphatic rings. The molecule has 2 heterocycles. The maximum absolute atomic E-state index is 12.4. The predicted molar refractivity (Wildman–Crippen MR) is 77.6 cm³/mol. The van der Waals surface area contributed by atoms with E-state index in [1.165, 1.54) is 5.56 Å². The van der Waals surface area contributed by atoms with Crippen LogP contribution in [0.4, 0.5) is 0 Å². The summed E-state index contributed by atoms with van der Waals surface area (Å²) in [7, 11) is 0. The summed E-state index contributed by atoms with van der Waals surface area (Å²) in [6, 6.07) is 12.3. The van der Waals surface area contributed by atoms with Crippen LogP contribution < -0.4 is 0 Å². The lowest BCUT2D eigenvalue weighted by atomic mass is 9.90. The molecule has 2 aromatic rings. The molecule has 20 heavy (non-hydrogen) atoms. The summed E-state index contributed by atoms with van der Waals surface area (Å²) in [4.78, 5) is 14.4. The highest BCUT2D eigenvalue weighted by Gasteiger charge is 2.26. The number of carbonyl (C=O) groups excluding carboxylic acids is 1. The van der Waals surface area contributed by atoms with Gasteiger partial charge < -0.3 is 4.90 Å². The van der Waals surface area contributed by atoms with Crippen molar-refractivity contribution in [2.75, 3.05) is 13.1 Å². The van der Waals surface area contributed by atoms with Gasteiger partial charge >= 0.3 is 0 Å².